The molecule has 0 spiro atoms. The van der Waals surface area contributed by atoms with Crippen LogP contribution in [0.5, 0.6) is 0 Å². The molecular formula is C6H3NS4. The van der Waals surface area contributed by atoms with Gasteiger partial charge in [-0.15, -0.1) is 0 Å². The maximum atomic E-state index is 5.13. The minimum Gasteiger partial charge on any atom is -0.359 e. The van der Waals surface area contributed by atoms with E-state index in [0.717, 1.165) is 18.6 Å². The fraction of sp³-hybridized carbons (Fsp3) is 0. The van der Waals surface area contributed by atoms with E-state index in [2.05, 4.69) is 4.98 Å². The first-order valence-electron chi connectivity index (χ1n) is 2.89. The molecule has 0 saturated carbocycles. The standard InChI is InChI=1S/C6H3NS4/c8-5-3-1-2-7-4(3)6(9)11-10-5/h1-2,7H. The summed E-state index contributed by atoms with van der Waals surface area (Å²) < 4.78 is 1.81. The van der Waals surface area contributed by atoms with E-state index in [-0.39, 0.29) is 0 Å². The fourth-order valence-electron chi connectivity index (χ4n) is 0.871. The highest BCUT2D eigenvalue weighted by Gasteiger charge is 1.97. The van der Waals surface area contributed by atoms with Crippen molar-refractivity contribution in [1.29, 1.82) is 0 Å². The Morgan fingerprint density at radius 3 is 2.64 bits per heavy atom. The zero-order valence-corrected chi connectivity index (χ0v) is 8.55. The summed E-state index contributed by atoms with van der Waals surface area (Å²) in [5.74, 6) is 0. The number of nitrogens with one attached hydrogen (secondary N) is 1. The van der Waals surface area contributed by atoms with E-state index in [0.29, 0.717) is 0 Å². The SMILES string of the molecule is S=c1ssc(=S)c2[nH]ccc12. The van der Waals surface area contributed by atoms with Crippen molar-refractivity contribution in [3.63, 3.8) is 0 Å². The molecule has 0 unspecified atom stereocenters. The summed E-state index contributed by atoms with van der Waals surface area (Å²) in [6.45, 7) is 0. The van der Waals surface area contributed by atoms with Crippen LogP contribution < -0.4 is 0 Å². The Kier molecular flexibility index (Phi) is 1.88. The van der Waals surface area contributed by atoms with Crippen LogP contribution in [0, 0.1) is 7.65 Å². The van der Waals surface area contributed by atoms with Gasteiger partial charge in [0.25, 0.3) is 0 Å². The number of fused-ring (bicyclic) bond motifs is 1. The molecule has 2 heterocycles. The van der Waals surface area contributed by atoms with Gasteiger partial charge in [-0.1, -0.05) is 45.1 Å². The molecule has 0 bridgehead atoms. The van der Waals surface area contributed by atoms with E-state index in [1.165, 1.54) is 0 Å². The monoisotopic (exact) mass is 217 g/mol. The summed E-state index contributed by atoms with van der Waals surface area (Å²) in [5.41, 5.74) is 1.01. The molecule has 1 N–H and O–H groups in total. The number of aromatic nitrogens is 1. The molecular weight excluding hydrogens is 214 g/mol. The lowest BCUT2D eigenvalue weighted by atomic mass is 10.4. The van der Waals surface area contributed by atoms with Gasteiger partial charge in [-0.3, -0.25) is 0 Å². The summed E-state index contributed by atoms with van der Waals surface area (Å²) in [7, 11) is 3.11. The van der Waals surface area contributed by atoms with Crippen LogP contribution in [0.15, 0.2) is 12.3 Å². The van der Waals surface area contributed by atoms with Crippen molar-refractivity contribution in [3.8, 4) is 0 Å². The topological polar surface area (TPSA) is 15.8 Å². The lowest BCUT2D eigenvalue weighted by molar-refractivity contribution is 1.48. The van der Waals surface area contributed by atoms with Crippen LogP contribution in [-0.4, -0.2) is 4.98 Å². The van der Waals surface area contributed by atoms with Crippen molar-refractivity contribution < 1.29 is 0 Å². The third kappa shape index (κ3) is 1.18. The second-order valence-electron chi connectivity index (χ2n) is 2.01. The minimum atomic E-state index is 0.892. The smallest absolute Gasteiger partial charge is 0.125 e. The van der Waals surface area contributed by atoms with Gasteiger partial charge >= 0.3 is 0 Å². The minimum absolute atomic E-state index is 0.892. The maximum absolute atomic E-state index is 5.13. The van der Waals surface area contributed by atoms with Crippen molar-refractivity contribution in [3.05, 3.63) is 19.9 Å². The first kappa shape index (κ1) is 7.54. The summed E-state index contributed by atoms with van der Waals surface area (Å²) in [6, 6.07) is 1.97. The van der Waals surface area contributed by atoms with E-state index < -0.39 is 0 Å². The zero-order chi connectivity index (χ0) is 7.84. The third-order valence-corrected chi connectivity index (χ3v) is 4.98. The fourth-order valence-corrected chi connectivity index (χ4v) is 3.46. The molecule has 5 heteroatoms. The highest BCUT2D eigenvalue weighted by molar-refractivity contribution is 7.82. The van der Waals surface area contributed by atoms with E-state index in [1.54, 1.807) is 20.7 Å². The number of rotatable bonds is 0. The summed E-state index contributed by atoms with van der Waals surface area (Å²) in [4.78, 5) is 3.07. The molecule has 56 valence electrons. The molecule has 2 rings (SSSR count). The molecule has 0 saturated heterocycles. The number of aromatic amines is 1. The highest BCUT2D eigenvalue weighted by Crippen LogP contribution is 2.22. The molecule has 1 nitrogen and oxygen atoms in total. The summed E-state index contributed by atoms with van der Waals surface area (Å²) in [6.07, 6.45) is 1.87. The number of H-pyrrole nitrogens is 1. The Balaban J connectivity index is 3.21. The van der Waals surface area contributed by atoms with Crippen molar-refractivity contribution in [2.45, 2.75) is 0 Å². The molecule has 0 radical (unpaired) electrons. The molecule has 11 heavy (non-hydrogen) atoms. The van der Waals surface area contributed by atoms with Gasteiger partial charge in [0.2, 0.25) is 0 Å². The Morgan fingerprint density at radius 2 is 1.91 bits per heavy atom. The molecule has 2 aromatic rings. The summed E-state index contributed by atoms with van der Waals surface area (Å²) >= 11 is 10.2. The molecule has 2 aromatic heterocycles. The molecule has 0 aliphatic carbocycles. The van der Waals surface area contributed by atoms with Crippen molar-refractivity contribution in [2.24, 2.45) is 0 Å². The van der Waals surface area contributed by atoms with Gasteiger partial charge in [-0.25, -0.2) is 0 Å². The molecule has 0 amide bonds. The Bertz CT molecular complexity index is 445. The Hall–Kier alpha value is -0.100. The predicted molar refractivity (Wildman–Crippen MR) is 55.7 cm³/mol. The third-order valence-electron chi connectivity index (χ3n) is 1.36. The van der Waals surface area contributed by atoms with E-state index in [9.17, 15) is 0 Å². The van der Waals surface area contributed by atoms with Crippen LogP contribution in [0.25, 0.3) is 10.9 Å². The molecule has 0 fully saturated rings. The Morgan fingerprint density at radius 1 is 1.18 bits per heavy atom. The van der Waals surface area contributed by atoms with Crippen LogP contribution in [0.4, 0.5) is 0 Å². The molecule has 0 aromatic carbocycles. The number of hydrogen-bond acceptors (Lipinski definition) is 4. The van der Waals surface area contributed by atoms with Gasteiger partial charge in [0, 0.05) is 11.6 Å². The van der Waals surface area contributed by atoms with Gasteiger partial charge in [0.1, 0.15) is 7.65 Å². The van der Waals surface area contributed by atoms with Crippen LogP contribution in [-0.2, 0) is 0 Å². The van der Waals surface area contributed by atoms with Crippen molar-refractivity contribution in [2.75, 3.05) is 0 Å². The molecule has 0 atom stereocenters. The average Bonchev–Trinajstić information content (AvgIpc) is 2.45. The lowest BCUT2D eigenvalue weighted by Gasteiger charge is -1.85. The normalized spacial score (nSPS) is 10.5. The second kappa shape index (κ2) is 2.75. The van der Waals surface area contributed by atoms with E-state index in [4.69, 9.17) is 24.4 Å². The van der Waals surface area contributed by atoms with Crippen LogP contribution in [0.2, 0.25) is 0 Å². The van der Waals surface area contributed by atoms with Gasteiger partial charge in [-0.2, -0.15) is 0 Å². The Labute approximate surface area is 80.7 Å². The molecule has 0 aliphatic rings. The maximum Gasteiger partial charge on any atom is 0.125 e. The van der Waals surface area contributed by atoms with Crippen molar-refractivity contribution >= 4 is 56.0 Å². The molecule has 0 aliphatic heterocycles. The van der Waals surface area contributed by atoms with E-state index in [1.807, 2.05) is 12.3 Å². The largest absolute Gasteiger partial charge is 0.359 e. The van der Waals surface area contributed by atoms with Crippen molar-refractivity contribution in [1.82, 2.24) is 4.98 Å². The highest BCUT2D eigenvalue weighted by atomic mass is 32.9. The number of hydrogen-bond donors (Lipinski definition) is 1. The first-order chi connectivity index (χ1) is 5.29. The van der Waals surface area contributed by atoms with E-state index >= 15 is 0 Å². The van der Waals surface area contributed by atoms with Gasteiger partial charge < -0.3 is 4.98 Å². The first-order valence-corrected chi connectivity index (χ1v) is 5.86. The summed E-state index contributed by atoms with van der Waals surface area (Å²) in [5, 5.41) is 1.08. The van der Waals surface area contributed by atoms with Gasteiger partial charge in [-0.05, 0) is 6.07 Å². The lowest BCUT2D eigenvalue weighted by Crippen LogP contribution is -1.63. The quantitative estimate of drug-likeness (QED) is 0.534. The van der Waals surface area contributed by atoms with Crippen LogP contribution in [0.3, 0.4) is 0 Å². The van der Waals surface area contributed by atoms with Gasteiger partial charge in [0.15, 0.2) is 0 Å². The van der Waals surface area contributed by atoms with Gasteiger partial charge in [0.05, 0.1) is 5.52 Å². The van der Waals surface area contributed by atoms with Crippen LogP contribution >= 0.6 is 45.1 Å². The van der Waals surface area contributed by atoms with Crippen LogP contribution in [0.1, 0.15) is 0 Å². The average molecular weight is 217 g/mol. The second-order valence-corrected chi connectivity index (χ2v) is 5.49. The predicted octanol–water partition coefficient (Wildman–Crippen LogP) is 3.75. The zero-order valence-electron chi connectivity index (χ0n) is 5.29.